The second-order valence-corrected chi connectivity index (χ2v) is 9.93. The van der Waals surface area contributed by atoms with E-state index in [9.17, 15) is 29.8 Å². The van der Waals surface area contributed by atoms with E-state index >= 15 is 0 Å². The highest BCUT2D eigenvalue weighted by atomic mass is 127. The highest BCUT2D eigenvalue weighted by molar-refractivity contribution is 14.1. The van der Waals surface area contributed by atoms with Gasteiger partial charge in [0.05, 0.1) is 47.6 Å². The number of nitrogens with zero attached hydrogens (tertiary/aromatic N) is 5. The van der Waals surface area contributed by atoms with Gasteiger partial charge in [0, 0.05) is 59.7 Å². The van der Waals surface area contributed by atoms with Gasteiger partial charge < -0.3 is 28.9 Å². The highest BCUT2D eigenvalue weighted by Gasteiger charge is 2.25. The number of carbonyl (C=O) groups excluding carboxylic acids is 2. The van der Waals surface area contributed by atoms with Crippen LogP contribution in [-0.4, -0.2) is 87.5 Å². The molecule has 39 heavy (non-hydrogen) atoms. The molecule has 0 radical (unpaired) electrons. The molecule has 0 saturated carbocycles. The quantitative estimate of drug-likeness (QED) is 0.266. The minimum absolute atomic E-state index is 0.00816. The third-order valence-electron chi connectivity index (χ3n) is 6.15. The molecule has 0 bridgehead atoms. The van der Waals surface area contributed by atoms with Crippen molar-refractivity contribution in [3.05, 3.63) is 60.2 Å². The zero-order valence-electron chi connectivity index (χ0n) is 20.8. The molecular formula is C24H26IN5O9. The number of non-ortho nitro benzene ring substituents is 2. The molecule has 5 rings (SSSR count). The summed E-state index contributed by atoms with van der Waals surface area (Å²) in [6, 6.07) is 9.42. The zero-order chi connectivity index (χ0) is 27.9. The number of nitro groups is 2. The molecule has 15 heteroatoms. The van der Waals surface area contributed by atoms with Gasteiger partial charge in [-0.2, -0.15) is 0 Å². The maximum absolute atomic E-state index is 12.0. The molecule has 0 N–H and O–H groups in total. The number of ether oxygens (including phenoxy) is 3. The Morgan fingerprint density at radius 3 is 1.62 bits per heavy atom. The van der Waals surface area contributed by atoms with Crippen LogP contribution in [0.5, 0.6) is 0 Å². The molecule has 3 fully saturated rings. The van der Waals surface area contributed by atoms with Gasteiger partial charge in [-0.25, -0.2) is 0 Å². The third kappa shape index (κ3) is 7.37. The van der Waals surface area contributed by atoms with Crippen molar-refractivity contribution in [3.63, 3.8) is 0 Å². The maximum Gasteiger partial charge on any atom is 0.273 e. The van der Waals surface area contributed by atoms with Crippen LogP contribution in [0.1, 0.15) is 0 Å². The summed E-state index contributed by atoms with van der Waals surface area (Å²) in [7, 11) is 0. The van der Waals surface area contributed by atoms with Crippen LogP contribution < -0.4 is 14.7 Å². The van der Waals surface area contributed by atoms with Gasteiger partial charge in [0.2, 0.25) is 0 Å². The van der Waals surface area contributed by atoms with Gasteiger partial charge in [0.25, 0.3) is 23.2 Å². The van der Waals surface area contributed by atoms with E-state index in [1.54, 1.807) is 17.0 Å². The second-order valence-electron chi connectivity index (χ2n) is 8.68. The van der Waals surface area contributed by atoms with E-state index in [-0.39, 0.29) is 36.4 Å². The zero-order valence-corrected chi connectivity index (χ0v) is 23.0. The van der Waals surface area contributed by atoms with Gasteiger partial charge in [0.15, 0.2) is 0 Å². The fraction of sp³-hybridized carbons (Fsp3) is 0.417. The lowest BCUT2D eigenvalue weighted by atomic mass is 10.2. The predicted octanol–water partition coefficient (Wildman–Crippen LogP) is 2.36. The number of halogens is 1. The van der Waals surface area contributed by atoms with Crippen LogP contribution in [0.25, 0.3) is 0 Å². The Morgan fingerprint density at radius 2 is 1.10 bits per heavy atom. The molecule has 3 aliphatic heterocycles. The predicted molar refractivity (Wildman–Crippen MR) is 148 cm³/mol. The van der Waals surface area contributed by atoms with Crippen LogP contribution in [0.3, 0.4) is 0 Å². The first kappa shape index (κ1) is 28.6. The summed E-state index contributed by atoms with van der Waals surface area (Å²) in [5.74, 6) is -0.354. The topological polar surface area (TPSA) is 158 Å². The number of hydrogen-bond donors (Lipinski definition) is 0. The minimum Gasteiger partial charge on any atom is -0.378 e. The summed E-state index contributed by atoms with van der Waals surface area (Å²) < 4.78 is 16.2. The summed E-state index contributed by atoms with van der Waals surface area (Å²) in [6.45, 7) is 4.29. The number of morpholine rings is 3. The van der Waals surface area contributed by atoms with E-state index in [2.05, 4.69) is 0 Å². The molecule has 2 aromatic carbocycles. The van der Waals surface area contributed by atoms with Crippen molar-refractivity contribution in [3.8, 4) is 0 Å². The van der Waals surface area contributed by atoms with E-state index < -0.39 is 9.85 Å². The summed E-state index contributed by atoms with van der Waals surface area (Å²) in [5.41, 5.74) is 1.82. The Morgan fingerprint density at radius 1 is 0.641 bits per heavy atom. The van der Waals surface area contributed by atoms with E-state index in [4.69, 9.17) is 14.2 Å². The Balaban J connectivity index is 0.000000187. The number of amides is 2. The molecule has 3 aliphatic rings. The average Bonchev–Trinajstić information content (AvgIpc) is 2.94. The van der Waals surface area contributed by atoms with Gasteiger partial charge >= 0.3 is 0 Å². The van der Waals surface area contributed by atoms with Crippen LogP contribution in [0.15, 0.2) is 36.4 Å². The number of nitro benzene ring substituents is 2. The first-order valence-electron chi connectivity index (χ1n) is 12.1. The van der Waals surface area contributed by atoms with Crippen molar-refractivity contribution in [1.29, 1.82) is 0 Å². The van der Waals surface area contributed by atoms with Crippen molar-refractivity contribution >= 4 is 62.8 Å². The molecule has 208 valence electrons. The number of rotatable bonds is 5. The average molecular weight is 655 g/mol. The van der Waals surface area contributed by atoms with Gasteiger partial charge in [0.1, 0.15) is 13.2 Å². The van der Waals surface area contributed by atoms with Crippen LogP contribution in [0.2, 0.25) is 0 Å². The molecular weight excluding hydrogens is 629 g/mol. The first-order valence-corrected chi connectivity index (χ1v) is 13.1. The Kier molecular flexibility index (Phi) is 9.60. The van der Waals surface area contributed by atoms with Crippen molar-refractivity contribution in [2.75, 3.05) is 80.5 Å². The highest BCUT2D eigenvalue weighted by Crippen LogP contribution is 2.30. The second kappa shape index (κ2) is 13.1. The summed E-state index contributed by atoms with van der Waals surface area (Å²) >= 11 is 1.99. The van der Waals surface area contributed by atoms with Crippen LogP contribution in [0.4, 0.5) is 28.4 Å². The summed E-state index contributed by atoms with van der Waals surface area (Å²) in [4.78, 5) is 49.7. The Labute approximate surface area is 236 Å². The summed E-state index contributed by atoms with van der Waals surface area (Å²) in [5, 5.41) is 21.9. The fourth-order valence-electron chi connectivity index (χ4n) is 4.25. The molecule has 14 nitrogen and oxygen atoms in total. The smallest absolute Gasteiger partial charge is 0.273 e. The standard InChI is InChI=1S/C14H17N3O5.C10H9IN2O4/c18-14-10-22-6-3-16(14)12-7-11(8-13(9-12)17(19)20)15-1-4-21-5-2-15;11-7-3-8(5-9(4-7)13(15)16)12-1-2-17-6-10(12)14/h7-9H,1-6,10H2;3-5H,1-2,6H2. The van der Waals surface area contributed by atoms with E-state index in [0.717, 1.165) is 9.26 Å². The van der Waals surface area contributed by atoms with Crippen molar-refractivity contribution in [2.45, 2.75) is 0 Å². The van der Waals surface area contributed by atoms with Crippen LogP contribution >= 0.6 is 22.6 Å². The van der Waals surface area contributed by atoms with Crippen molar-refractivity contribution in [2.24, 2.45) is 0 Å². The lowest BCUT2D eigenvalue weighted by Gasteiger charge is -2.31. The minimum atomic E-state index is -0.462. The SMILES string of the molecule is O=C1COCCN1c1cc(I)cc([N+](=O)[O-])c1.O=C1COCCN1c1cc(N2CCOCC2)cc([N+](=O)[O-])c1. The number of hydrogen-bond acceptors (Lipinski definition) is 10. The fourth-order valence-corrected chi connectivity index (χ4v) is 4.89. The Hall–Kier alpha value is -3.41. The number of anilines is 3. The molecule has 0 aliphatic carbocycles. The van der Waals surface area contributed by atoms with Gasteiger partial charge in [-0.1, -0.05) is 0 Å². The Bertz CT molecular complexity index is 1250. The lowest BCUT2D eigenvalue weighted by Crippen LogP contribution is -2.42. The van der Waals surface area contributed by atoms with Gasteiger partial charge in [-0.15, -0.1) is 0 Å². The van der Waals surface area contributed by atoms with E-state index in [1.165, 1.54) is 23.1 Å². The normalized spacial score (nSPS) is 17.9. The number of benzene rings is 2. The molecule has 2 amide bonds. The van der Waals surface area contributed by atoms with E-state index in [1.807, 2.05) is 33.6 Å². The third-order valence-corrected chi connectivity index (χ3v) is 6.77. The lowest BCUT2D eigenvalue weighted by molar-refractivity contribution is -0.385. The van der Waals surface area contributed by atoms with E-state index in [0.29, 0.717) is 64.0 Å². The molecule has 3 saturated heterocycles. The number of carbonyl (C=O) groups is 2. The first-order chi connectivity index (χ1) is 18.7. The molecule has 2 aromatic rings. The van der Waals surface area contributed by atoms with Crippen LogP contribution in [0, 0.1) is 23.8 Å². The molecule has 0 atom stereocenters. The maximum atomic E-state index is 12.0. The van der Waals surface area contributed by atoms with Crippen molar-refractivity contribution < 1.29 is 33.6 Å². The van der Waals surface area contributed by atoms with Crippen LogP contribution in [-0.2, 0) is 23.8 Å². The molecule has 0 spiro atoms. The molecule has 0 aromatic heterocycles. The van der Waals surface area contributed by atoms with Crippen molar-refractivity contribution in [1.82, 2.24) is 0 Å². The largest absolute Gasteiger partial charge is 0.378 e. The monoisotopic (exact) mass is 655 g/mol. The van der Waals surface area contributed by atoms with Gasteiger partial charge in [-0.05, 0) is 34.7 Å². The molecule has 3 heterocycles. The molecule has 0 unspecified atom stereocenters. The summed E-state index contributed by atoms with van der Waals surface area (Å²) in [6.07, 6.45) is 0. The van der Waals surface area contributed by atoms with Gasteiger partial charge in [-0.3, -0.25) is 29.8 Å².